The first-order chi connectivity index (χ1) is 13.0. The normalized spacial score (nSPS) is 13.8. The topological polar surface area (TPSA) is 108 Å². The summed E-state index contributed by atoms with van der Waals surface area (Å²) in [5, 5.41) is 13.0. The third-order valence-corrected chi connectivity index (χ3v) is 5.99. The maximum atomic E-state index is 12.8. The first-order valence-electron chi connectivity index (χ1n) is 8.66. The van der Waals surface area contributed by atoms with Gasteiger partial charge in [-0.1, -0.05) is 55.5 Å². The van der Waals surface area contributed by atoms with Gasteiger partial charge in [0.1, 0.15) is 4.70 Å². The molecule has 9 heteroatoms. The molecule has 3 N–H and O–H groups in total. The van der Waals surface area contributed by atoms with Crippen molar-refractivity contribution >= 4 is 38.3 Å². The van der Waals surface area contributed by atoms with Crippen molar-refractivity contribution in [1.82, 2.24) is 15.0 Å². The van der Waals surface area contributed by atoms with Gasteiger partial charge in [-0.25, -0.2) is 9.97 Å². The van der Waals surface area contributed by atoms with Gasteiger partial charge in [0.25, 0.3) is 0 Å². The molecule has 0 amide bonds. The number of anilines is 1. The van der Waals surface area contributed by atoms with E-state index in [0.29, 0.717) is 22.1 Å². The van der Waals surface area contributed by atoms with E-state index in [2.05, 4.69) is 34.1 Å². The zero-order valence-corrected chi connectivity index (χ0v) is 16.8. The quantitative estimate of drug-likeness (QED) is 0.496. The number of nitrogens with one attached hydrogen (secondary N) is 2. The minimum atomic E-state index is -1.46. The van der Waals surface area contributed by atoms with E-state index in [9.17, 15) is 14.1 Å². The Kier molecular flexibility index (Phi) is 6.35. The Morgan fingerprint density at radius 1 is 1.26 bits per heavy atom. The highest BCUT2D eigenvalue weighted by Gasteiger charge is 2.19. The zero-order valence-electron chi connectivity index (χ0n) is 15.1. The zero-order chi connectivity index (χ0) is 19.4. The molecule has 0 aliphatic heterocycles. The van der Waals surface area contributed by atoms with Crippen molar-refractivity contribution in [3.05, 3.63) is 45.6 Å². The van der Waals surface area contributed by atoms with Gasteiger partial charge in [-0.2, -0.15) is 0 Å². The summed E-state index contributed by atoms with van der Waals surface area (Å²) in [5.41, 5.74) is 1.28. The second-order valence-electron chi connectivity index (χ2n) is 6.68. The smallest absolute Gasteiger partial charge is 0.306 e. The summed E-state index contributed by atoms with van der Waals surface area (Å²) in [5.74, 6) is 1.10. The van der Waals surface area contributed by atoms with Crippen LogP contribution in [0.2, 0.25) is 0 Å². The second kappa shape index (κ2) is 8.73. The first-order valence-corrected chi connectivity index (χ1v) is 10.8. The van der Waals surface area contributed by atoms with E-state index >= 15 is 0 Å². The Labute approximate surface area is 163 Å². The summed E-state index contributed by atoms with van der Waals surface area (Å²) < 4.78 is 13.3. The minimum absolute atomic E-state index is 0.0641. The molecule has 2 aromatic heterocycles. The highest BCUT2D eigenvalue weighted by Crippen LogP contribution is 2.24. The van der Waals surface area contributed by atoms with Crippen LogP contribution >= 0.6 is 11.3 Å². The summed E-state index contributed by atoms with van der Waals surface area (Å²) in [6, 6.07) is 9.25. The van der Waals surface area contributed by atoms with Crippen molar-refractivity contribution in [2.75, 3.05) is 11.9 Å². The molecule has 0 aliphatic rings. The highest BCUT2D eigenvalue weighted by atomic mass is 32.2. The van der Waals surface area contributed by atoms with Crippen LogP contribution in [0.3, 0.4) is 0 Å². The lowest BCUT2D eigenvalue weighted by Crippen LogP contribution is -2.26. The molecule has 0 fully saturated rings. The molecular weight excluding hydrogens is 384 g/mol. The lowest BCUT2D eigenvalue weighted by molar-refractivity contribution is 0.259. The largest absolute Gasteiger partial charge is 0.394 e. The Balaban J connectivity index is 1.94. The van der Waals surface area contributed by atoms with Gasteiger partial charge < -0.3 is 10.4 Å². The van der Waals surface area contributed by atoms with Crippen LogP contribution in [0.15, 0.2) is 40.3 Å². The van der Waals surface area contributed by atoms with Gasteiger partial charge in [0.15, 0.2) is 11.5 Å². The summed E-state index contributed by atoms with van der Waals surface area (Å²) in [4.78, 5) is 22.9. The maximum Gasteiger partial charge on any atom is 0.306 e. The summed E-state index contributed by atoms with van der Waals surface area (Å²) in [6.07, 6.45) is 0.740. The van der Waals surface area contributed by atoms with Crippen LogP contribution in [-0.4, -0.2) is 36.9 Å². The maximum absolute atomic E-state index is 12.8. The average molecular weight is 407 g/mol. The molecule has 1 aromatic carbocycles. The number of aromatic amines is 1. The molecule has 27 heavy (non-hydrogen) atoms. The molecule has 0 unspecified atom stereocenters. The number of thiazole rings is 1. The molecule has 3 aromatic rings. The van der Waals surface area contributed by atoms with Crippen molar-refractivity contribution in [3.63, 3.8) is 0 Å². The molecule has 0 aliphatic carbocycles. The summed E-state index contributed by atoms with van der Waals surface area (Å²) in [7, 11) is -1.46. The Morgan fingerprint density at radius 2 is 2.00 bits per heavy atom. The molecule has 2 atom stereocenters. The molecule has 0 bridgehead atoms. The van der Waals surface area contributed by atoms with Gasteiger partial charge in [-0.3, -0.25) is 14.0 Å². The van der Waals surface area contributed by atoms with Crippen molar-refractivity contribution in [3.8, 4) is 0 Å². The Bertz CT molecular complexity index is 985. The van der Waals surface area contributed by atoms with Gasteiger partial charge in [0.2, 0.25) is 5.16 Å². The molecular formula is C18H22N4O3S2. The molecule has 144 valence electrons. The molecule has 0 radical (unpaired) electrons. The fraction of sp³-hybridized carbons (Fsp3) is 0.389. The molecule has 3 rings (SSSR count). The highest BCUT2D eigenvalue weighted by molar-refractivity contribution is 7.84. The molecule has 2 heterocycles. The van der Waals surface area contributed by atoms with Crippen LogP contribution in [0.5, 0.6) is 0 Å². The molecule has 0 spiro atoms. The van der Waals surface area contributed by atoms with Crippen LogP contribution < -0.4 is 10.2 Å². The Morgan fingerprint density at radius 3 is 2.67 bits per heavy atom. The fourth-order valence-electron chi connectivity index (χ4n) is 2.76. The predicted octanol–water partition coefficient (Wildman–Crippen LogP) is 2.51. The van der Waals surface area contributed by atoms with E-state index in [1.165, 1.54) is 0 Å². The predicted molar refractivity (Wildman–Crippen MR) is 109 cm³/mol. The monoisotopic (exact) mass is 406 g/mol. The number of rotatable bonds is 8. The van der Waals surface area contributed by atoms with E-state index in [4.69, 9.17) is 0 Å². The minimum Gasteiger partial charge on any atom is -0.394 e. The van der Waals surface area contributed by atoms with E-state index in [0.717, 1.165) is 23.3 Å². The van der Waals surface area contributed by atoms with Crippen molar-refractivity contribution in [2.45, 2.75) is 37.2 Å². The van der Waals surface area contributed by atoms with Crippen LogP contribution in [0.4, 0.5) is 5.82 Å². The van der Waals surface area contributed by atoms with Crippen molar-refractivity contribution < 1.29 is 9.32 Å². The molecule has 0 saturated carbocycles. The number of aliphatic hydroxyl groups excluding tert-OH is 1. The number of aromatic nitrogens is 3. The van der Waals surface area contributed by atoms with E-state index in [-0.39, 0.29) is 28.4 Å². The lowest BCUT2D eigenvalue weighted by atomic mass is 10.0. The number of fused-ring (bicyclic) bond motifs is 1. The van der Waals surface area contributed by atoms with Crippen molar-refractivity contribution in [1.29, 1.82) is 0 Å². The summed E-state index contributed by atoms with van der Waals surface area (Å²) in [6.45, 7) is 4.06. The standard InChI is InChI=1S/C18H22N4O3S2/c1-11(2)8-13(9-23)19-15-14-16(22-18(24)26-14)21-17(20-15)27(25)10-12-6-4-3-5-7-12/h3-7,11,13,23H,8-10H2,1-2H3,(H2,19,20,21,22,24)/t13-,27-/m1/s1. The second-order valence-corrected chi connectivity index (χ2v) is 9.00. The fourth-order valence-corrected chi connectivity index (χ4v) is 4.50. The number of aliphatic hydroxyl groups is 1. The van der Waals surface area contributed by atoms with Gasteiger partial charge in [0, 0.05) is 0 Å². The number of hydrogen-bond acceptors (Lipinski definition) is 7. The Hall–Kier alpha value is -2.10. The third kappa shape index (κ3) is 5.00. The van der Waals surface area contributed by atoms with Gasteiger partial charge in [-0.15, -0.1) is 0 Å². The third-order valence-electron chi connectivity index (χ3n) is 3.92. The number of benzene rings is 1. The number of hydrogen-bond donors (Lipinski definition) is 3. The SMILES string of the molecule is CC(C)C[C@H](CO)Nc1nc([S@](=O)Cc2ccccc2)nc2[nH]c(=O)sc12. The van der Waals surface area contributed by atoms with E-state index < -0.39 is 10.8 Å². The van der Waals surface area contributed by atoms with Crippen LogP contribution in [0.25, 0.3) is 10.3 Å². The molecule has 0 saturated heterocycles. The van der Waals surface area contributed by atoms with E-state index in [1.807, 2.05) is 30.3 Å². The van der Waals surface area contributed by atoms with Crippen LogP contribution in [0, 0.1) is 5.92 Å². The first kappa shape index (κ1) is 19.7. The lowest BCUT2D eigenvalue weighted by Gasteiger charge is -2.19. The van der Waals surface area contributed by atoms with Gasteiger partial charge in [0.05, 0.1) is 29.2 Å². The van der Waals surface area contributed by atoms with E-state index in [1.54, 1.807) is 0 Å². The van der Waals surface area contributed by atoms with Crippen LogP contribution in [0.1, 0.15) is 25.8 Å². The van der Waals surface area contributed by atoms with Crippen LogP contribution in [-0.2, 0) is 16.6 Å². The summed E-state index contributed by atoms with van der Waals surface area (Å²) >= 11 is 0.995. The average Bonchev–Trinajstić information content (AvgIpc) is 3.02. The molecule has 7 nitrogen and oxygen atoms in total. The van der Waals surface area contributed by atoms with Crippen molar-refractivity contribution in [2.24, 2.45) is 5.92 Å². The number of nitrogens with zero attached hydrogens (tertiary/aromatic N) is 2. The number of H-pyrrole nitrogens is 1. The van der Waals surface area contributed by atoms with Gasteiger partial charge in [-0.05, 0) is 17.9 Å². The van der Waals surface area contributed by atoms with Gasteiger partial charge >= 0.3 is 4.87 Å².